The van der Waals surface area contributed by atoms with E-state index in [1.54, 1.807) is 7.11 Å². The van der Waals surface area contributed by atoms with E-state index in [4.69, 9.17) is 4.74 Å². The van der Waals surface area contributed by atoms with Crippen LogP contribution < -0.4 is 20.3 Å². The molecule has 1 fully saturated rings. The molecule has 5 heteroatoms. The standard InChI is InChI=1S/C23H32N4O/c1-24-23(25-15-8-11-19-9-4-3-5-10-19)26-17-20-14-16-27(18-20)21-12-6-7-13-22(21)28-2/h3-7,9-10,12-13,20H,8,11,14-18H2,1-2H3,(H2,24,25,26). The molecule has 28 heavy (non-hydrogen) atoms. The van der Waals surface area contributed by atoms with Crippen LogP contribution in [0.2, 0.25) is 0 Å². The van der Waals surface area contributed by atoms with E-state index in [1.165, 1.54) is 17.7 Å². The molecule has 0 aliphatic carbocycles. The Morgan fingerprint density at radius 1 is 1.11 bits per heavy atom. The van der Waals surface area contributed by atoms with E-state index in [1.807, 2.05) is 19.2 Å². The maximum Gasteiger partial charge on any atom is 0.190 e. The topological polar surface area (TPSA) is 48.9 Å². The summed E-state index contributed by atoms with van der Waals surface area (Å²) < 4.78 is 5.51. The van der Waals surface area contributed by atoms with Crippen LogP contribution in [-0.4, -0.2) is 46.3 Å². The van der Waals surface area contributed by atoms with Gasteiger partial charge in [0, 0.05) is 33.2 Å². The van der Waals surface area contributed by atoms with Crippen molar-refractivity contribution in [2.24, 2.45) is 10.9 Å². The first-order chi connectivity index (χ1) is 13.8. The van der Waals surface area contributed by atoms with Crippen molar-refractivity contribution in [3.05, 3.63) is 60.2 Å². The highest BCUT2D eigenvalue weighted by Crippen LogP contribution is 2.31. The molecule has 2 aromatic rings. The predicted octanol–water partition coefficient (Wildman–Crippen LogP) is 3.32. The zero-order valence-corrected chi connectivity index (χ0v) is 17.0. The summed E-state index contributed by atoms with van der Waals surface area (Å²) in [6.45, 7) is 3.96. The van der Waals surface area contributed by atoms with Gasteiger partial charge in [0.2, 0.25) is 0 Å². The first-order valence-electron chi connectivity index (χ1n) is 10.2. The predicted molar refractivity (Wildman–Crippen MR) is 117 cm³/mol. The first-order valence-corrected chi connectivity index (χ1v) is 10.2. The molecule has 3 rings (SSSR count). The third kappa shape index (κ3) is 5.65. The van der Waals surface area contributed by atoms with Gasteiger partial charge in [-0.2, -0.15) is 0 Å². The van der Waals surface area contributed by atoms with Crippen LogP contribution in [-0.2, 0) is 6.42 Å². The van der Waals surface area contributed by atoms with Crippen LogP contribution in [0.25, 0.3) is 0 Å². The molecule has 1 aliphatic heterocycles. The van der Waals surface area contributed by atoms with E-state index in [0.717, 1.165) is 50.7 Å². The van der Waals surface area contributed by atoms with Crippen molar-refractivity contribution in [1.29, 1.82) is 0 Å². The van der Waals surface area contributed by atoms with Gasteiger partial charge >= 0.3 is 0 Å². The molecule has 1 unspecified atom stereocenters. The van der Waals surface area contributed by atoms with E-state index >= 15 is 0 Å². The number of nitrogens with one attached hydrogen (secondary N) is 2. The second kappa shape index (κ2) is 10.6. The van der Waals surface area contributed by atoms with Gasteiger partial charge in [-0.25, -0.2) is 0 Å². The number of methoxy groups -OCH3 is 1. The molecule has 1 atom stereocenters. The maximum absolute atomic E-state index is 5.51. The normalized spacial score (nSPS) is 16.9. The zero-order valence-electron chi connectivity index (χ0n) is 17.0. The third-order valence-corrected chi connectivity index (χ3v) is 5.27. The fourth-order valence-corrected chi connectivity index (χ4v) is 3.71. The fraction of sp³-hybridized carbons (Fsp3) is 0.435. The van der Waals surface area contributed by atoms with Crippen LogP contribution >= 0.6 is 0 Å². The van der Waals surface area contributed by atoms with Gasteiger partial charge in [0.1, 0.15) is 5.75 Å². The molecule has 0 aromatic heterocycles. The van der Waals surface area contributed by atoms with Crippen molar-refractivity contribution in [3.8, 4) is 5.75 Å². The lowest BCUT2D eigenvalue weighted by Gasteiger charge is -2.21. The number of hydrogen-bond donors (Lipinski definition) is 2. The summed E-state index contributed by atoms with van der Waals surface area (Å²) in [5.41, 5.74) is 2.57. The Balaban J connectivity index is 1.38. The lowest BCUT2D eigenvalue weighted by Crippen LogP contribution is -2.40. The second-order valence-electron chi connectivity index (χ2n) is 7.24. The van der Waals surface area contributed by atoms with Crippen molar-refractivity contribution in [3.63, 3.8) is 0 Å². The molecule has 1 aliphatic rings. The largest absolute Gasteiger partial charge is 0.495 e. The number of benzene rings is 2. The number of aryl methyl sites for hydroxylation is 1. The molecule has 5 nitrogen and oxygen atoms in total. The average molecular weight is 381 g/mol. The molecule has 0 bridgehead atoms. The van der Waals surface area contributed by atoms with Gasteiger partial charge in [-0.05, 0) is 42.9 Å². The van der Waals surface area contributed by atoms with Crippen LogP contribution in [0.15, 0.2) is 59.6 Å². The highest BCUT2D eigenvalue weighted by atomic mass is 16.5. The van der Waals surface area contributed by atoms with Crippen molar-refractivity contribution in [2.45, 2.75) is 19.3 Å². The molecular formula is C23H32N4O. The van der Waals surface area contributed by atoms with Gasteiger partial charge in [-0.3, -0.25) is 4.99 Å². The van der Waals surface area contributed by atoms with E-state index in [2.05, 4.69) is 63.0 Å². The second-order valence-corrected chi connectivity index (χ2v) is 7.24. The quantitative estimate of drug-likeness (QED) is 0.419. The molecule has 0 radical (unpaired) electrons. The Morgan fingerprint density at radius 2 is 1.89 bits per heavy atom. The molecule has 0 amide bonds. The van der Waals surface area contributed by atoms with Crippen molar-refractivity contribution in [1.82, 2.24) is 10.6 Å². The van der Waals surface area contributed by atoms with Crippen LogP contribution in [0, 0.1) is 5.92 Å². The summed E-state index contributed by atoms with van der Waals surface area (Å²) in [6, 6.07) is 18.9. The first kappa shape index (κ1) is 20.1. The Hall–Kier alpha value is -2.69. The summed E-state index contributed by atoms with van der Waals surface area (Å²) in [7, 11) is 3.57. The molecule has 0 spiro atoms. The number of anilines is 1. The summed E-state index contributed by atoms with van der Waals surface area (Å²) in [5.74, 6) is 2.45. The molecule has 1 heterocycles. The van der Waals surface area contributed by atoms with Gasteiger partial charge in [0.05, 0.1) is 12.8 Å². The van der Waals surface area contributed by atoms with Crippen LogP contribution in [0.1, 0.15) is 18.4 Å². The Kier molecular flexibility index (Phi) is 7.59. The summed E-state index contributed by atoms with van der Waals surface area (Å²) in [4.78, 5) is 6.78. The minimum Gasteiger partial charge on any atom is -0.495 e. The van der Waals surface area contributed by atoms with Crippen LogP contribution in [0.5, 0.6) is 5.75 Å². The number of rotatable bonds is 8. The monoisotopic (exact) mass is 380 g/mol. The molecule has 1 saturated heterocycles. The Labute approximate surface area is 168 Å². The lowest BCUT2D eigenvalue weighted by atomic mass is 10.1. The molecule has 2 N–H and O–H groups in total. The summed E-state index contributed by atoms with van der Waals surface area (Å²) in [6.07, 6.45) is 3.35. The minimum atomic E-state index is 0.604. The number of hydrogen-bond acceptors (Lipinski definition) is 3. The number of ether oxygens (including phenoxy) is 1. The van der Waals surface area contributed by atoms with E-state index in [0.29, 0.717) is 5.92 Å². The number of para-hydroxylation sites is 2. The van der Waals surface area contributed by atoms with E-state index < -0.39 is 0 Å². The number of nitrogens with zero attached hydrogens (tertiary/aromatic N) is 2. The summed E-state index contributed by atoms with van der Waals surface area (Å²) >= 11 is 0. The number of aliphatic imine (C=N–C) groups is 1. The Bertz CT molecular complexity index is 747. The van der Waals surface area contributed by atoms with Crippen molar-refractivity contribution < 1.29 is 4.74 Å². The van der Waals surface area contributed by atoms with Crippen LogP contribution in [0.4, 0.5) is 5.69 Å². The van der Waals surface area contributed by atoms with Crippen molar-refractivity contribution >= 4 is 11.6 Å². The molecular weight excluding hydrogens is 348 g/mol. The fourth-order valence-electron chi connectivity index (χ4n) is 3.71. The smallest absolute Gasteiger partial charge is 0.190 e. The van der Waals surface area contributed by atoms with Gasteiger partial charge in [0.15, 0.2) is 5.96 Å². The zero-order chi connectivity index (χ0) is 19.6. The lowest BCUT2D eigenvalue weighted by molar-refractivity contribution is 0.414. The average Bonchev–Trinajstić information content (AvgIpc) is 3.23. The SMILES string of the molecule is CN=C(NCCCc1ccccc1)NCC1CCN(c2ccccc2OC)C1. The van der Waals surface area contributed by atoms with Crippen molar-refractivity contribution in [2.75, 3.05) is 45.2 Å². The van der Waals surface area contributed by atoms with Gasteiger partial charge < -0.3 is 20.3 Å². The highest BCUT2D eigenvalue weighted by Gasteiger charge is 2.24. The van der Waals surface area contributed by atoms with Gasteiger partial charge in [0.25, 0.3) is 0 Å². The Morgan fingerprint density at radius 3 is 2.68 bits per heavy atom. The van der Waals surface area contributed by atoms with E-state index in [-0.39, 0.29) is 0 Å². The number of guanidine groups is 1. The minimum absolute atomic E-state index is 0.604. The van der Waals surface area contributed by atoms with Gasteiger partial charge in [-0.1, -0.05) is 42.5 Å². The highest BCUT2D eigenvalue weighted by molar-refractivity contribution is 5.79. The molecule has 2 aromatic carbocycles. The van der Waals surface area contributed by atoms with Gasteiger partial charge in [-0.15, -0.1) is 0 Å². The summed E-state index contributed by atoms with van der Waals surface area (Å²) in [5, 5.41) is 6.92. The third-order valence-electron chi connectivity index (χ3n) is 5.27. The van der Waals surface area contributed by atoms with E-state index in [9.17, 15) is 0 Å². The maximum atomic E-state index is 5.51. The molecule has 150 valence electrons. The van der Waals surface area contributed by atoms with Crippen LogP contribution in [0.3, 0.4) is 0 Å². The molecule has 0 saturated carbocycles.